The Labute approximate surface area is 176 Å². The van der Waals surface area contributed by atoms with Crippen LogP contribution in [0.5, 0.6) is 5.75 Å². The summed E-state index contributed by atoms with van der Waals surface area (Å²) in [4.78, 5) is 24.1. The number of thiophene rings is 1. The van der Waals surface area contributed by atoms with Crippen molar-refractivity contribution in [1.82, 2.24) is 5.32 Å². The molecule has 10 heteroatoms. The number of thiocarbonyl (C=S) groups is 1. The number of nitro groups is 1. The van der Waals surface area contributed by atoms with Gasteiger partial charge in [0.05, 0.1) is 17.6 Å². The predicted octanol–water partition coefficient (Wildman–Crippen LogP) is 3.79. The molecule has 2 N–H and O–H groups in total. The van der Waals surface area contributed by atoms with Crippen LogP contribution in [0.3, 0.4) is 0 Å². The second-order valence-electron chi connectivity index (χ2n) is 6.72. The Bertz CT molecular complexity index is 1040. The van der Waals surface area contributed by atoms with Gasteiger partial charge >= 0.3 is 5.69 Å². The Morgan fingerprint density at radius 2 is 2.24 bits per heavy atom. The van der Waals surface area contributed by atoms with Crippen molar-refractivity contribution in [2.75, 3.05) is 12.4 Å². The third-order valence-corrected chi connectivity index (χ3v) is 6.09. The molecule has 0 saturated heterocycles. The average molecular weight is 431 g/mol. The zero-order valence-electron chi connectivity index (χ0n) is 15.8. The van der Waals surface area contributed by atoms with Crippen molar-refractivity contribution in [3.8, 4) is 11.8 Å². The zero-order valence-corrected chi connectivity index (χ0v) is 17.4. The van der Waals surface area contributed by atoms with E-state index < -0.39 is 10.8 Å². The highest BCUT2D eigenvalue weighted by Crippen LogP contribution is 2.39. The monoisotopic (exact) mass is 430 g/mol. The summed E-state index contributed by atoms with van der Waals surface area (Å²) in [5, 5.41) is 26.7. The number of hydrogen-bond acceptors (Lipinski definition) is 7. The Morgan fingerprint density at radius 1 is 1.48 bits per heavy atom. The van der Waals surface area contributed by atoms with E-state index in [4.69, 9.17) is 17.0 Å². The number of benzene rings is 1. The van der Waals surface area contributed by atoms with E-state index in [-0.39, 0.29) is 22.1 Å². The molecule has 0 radical (unpaired) electrons. The first-order valence-electron chi connectivity index (χ1n) is 8.83. The van der Waals surface area contributed by atoms with Crippen molar-refractivity contribution in [1.29, 1.82) is 5.26 Å². The van der Waals surface area contributed by atoms with Crippen molar-refractivity contribution >= 4 is 45.3 Å². The lowest BCUT2D eigenvalue weighted by molar-refractivity contribution is -0.385. The van der Waals surface area contributed by atoms with Crippen LogP contribution in [0.4, 0.5) is 10.7 Å². The van der Waals surface area contributed by atoms with Gasteiger partial charge in [0.25, 0.3) is 5.91 Å². The Hall–Kier alpha value is -3.03. The predicted molar refractivity (Wildman–Crippen MR) is 114 cm³/mol. The smallest absolute Gasteiger partial charge is 0.311 e. The molecular formula is C19H18N4O4S2. The van der Waals surface area contributed by atoms with Crippen LogP contribution in [0.1, 0.15) is 39.7 Å². The van der Waals surface area contributed by atoms with Gasteiger partial charge in [-0.15, -0.1) is 11.3 Å². The lowest BCUT2D eigenvalue weighted by Crippen LogP contribution is -2.34. The van der Waals surface area contributed by atoms with Gasteiger partial charge in [0.2, 0.25) is 0 Å². The molecule has 2 aromatic rings. The van der Waals surface area contributed by atoms with E-state index in [2.05, 4.69) is 23.6 Å². The number of nitrogens with zero attached hydrogens (tertiary/aromatic N) is 2. The molecule has 1 amide bonds. The molecule has 1 aromatic carbocycles. The van der Waals surface area contributed by atoms with E-state index >= 15 is 0 Å². The number of amides is 1. The van der Waals surface area contributed by atoms with Gasteiger partial charge in [0, 0.05) is 16.5 Å². The molecule has 1 unspecified atom stereocenters. The molecule has 1 heterocycles. The fourth-order valence-electron chi connectivity index (χ4n) is 3.24. The maximum atomic E-state index is 12.4. The molecule has 0 spiro atoms. The number of fused-ring (bicyclic) bond motifs is 1. The topological polar surface area (TPSA) is 117 Å². The molecule has 0 fully saturated rings. The number of anilines is 1. The van der Waals surface area contributed by atoms with Crippen LogP contribution in [-0.4, -0.2) is 23.1 Å². The standard InChI is InChI=1S/C19H18N4O4S2/c1-10-3-5-12-13(9-20)18(29-16(12)7-10)22-19(28)21-17(24)11-4-6-15(27-2)14(8-11)23(25)26/h4,6,8,10H,3,5,7H2,1-2H3,(H2,21,22,24,28). The van der Waals surface area contributed by atoms with Gasteiger partial charge in [0.15, 0.2) is 10.9 Å². The average Bonchev–Trinajstić information content (AvgIpc) is 3.02. The second kappa shape index (κ2) is 8.55. The minimum Gasteiger partial charge on any atom is -0.490 e. The Kier molecular flexibility index (Phi) is 6.10. The van der Waals surface area contributed by atoms with Crippen molar-refractivity contribution in [3.05, 3.63) is 49.9 Å². The van der Waals surface area contributed by atoms with Gasteiger partial charge in [-0.25, -0.2) is 0 Å². The third kappa shape index (κ3) is 4.36. The van der Waals surface area contributed by atoms with Crippen LogP contribution in [-0.2, 0) is 12.8 Å². The number of nitrogens with one attached hydrogen (secondary N) is 2. The fourth-order valence-corrected chi connectivity index (χ4v) is 4.87. The first-order chi connectivity index (χ1) is 13.8. The zero-order chi connectivity index (χ0) is 21.1. The second-order valence-corrected chi connectivity index (χ2v) is 8.23. The number of rotatable bonds is 4. The number of nitriles is 1. The molecule has 0 bridgehead atoms. The molecule has 1 aliphatic carbocycles. The van der Waals surface area contributed by atoms with Crippen molar-refractivity contribution in [2.45, 2.75) is 26.2 Å². The quantitative estimate of drug-likeness (QED) is 0.430. The molecule has 8 nitrogen and oxygen atoms in total. The van der Waals surface area contributed by atoms with E-state index in [0.29, 0.717) is 16.5 Å². The minimum absolute atomic E-state index is 0.0246. The number of hydrogen-bond donors (Lipinski definition) is 2. The normalized spacial score (nSPS) is 15.0. The van der Waals surface area contributed by atoms with Crippen LogP contribution < -0.4 is 15.4 Å². The summed E-state index contributed by atoms with van der Waals surface area (Å²) in [5.74, 6) is 0.0315. The van der Waals surface area contributed by atoms with E-state index in [1.165, 1.54) is 35.5 Å². The van der Waals surface area contributed by atoms with Gasteiger partial charge in [-0.3, -0.25) is 20.2 Å². The van der Waals surface area contributed by atoms with Gasteiger partial charge in [-0.1, -0.05) is 6.92 Å². The van der Waals surface area contributed by atoms with Crippen LogP contribution in [0.2, 0.25) is 0 Å². The molecule has 150 valence electrons. The first-order valence-corrected chi connectivity index (χ1v) is 10.1. The van der Waals surface area contributed by atoms with Crippen molar-refractivity contribution in [2.24, 2.45) is 5.92 Å². The van der Waals surface area contributed by atoms with Crippen molar-refractivity contribution in [3.63, 3.8) is 0 Å². The minimum atomic E-state index is -0.622. The molecule has 3 rings (SSSR count). The Balaban J connectivity index is 1.75. The number of ether oxygens (including phenoxy) is 1. The van der Waals surface area contributed by atoms with E-state index in [0.717, 1.165) is 30.9 Å². The van der Waals surface area contributed by atoms with Crippen LogP contribution in [0.15, 0.2) is 18.2 Å². The van der Waals surface area contributed by atoms with Crippen LogP contribution in [0.25, 0.3) is 0 Å². The summed E-state index contributed by atoms with van der Waals surface area (Å²) in [7, 11) is 1.31. The molecule has 0 aliphatic heterocycles. The maximum absolute atomic E-state index is 12.4. The number of nitro benzene ring substituents is 1. The summed E-state index contributed by atoms with van der Waals surface area (Å²) < 4.78 is 4.93. The van der Waals surface area contributed by atoms with E-state index in [1.807, 2.05) is 0 Å². The summed E-state index contributed by atoms with van der Waals surface area (Å²) in [5.41, 5.74) is 1.37. The number of carbonyl (C=O) groups excluding carboxylic acids is 1. The third-order valence-electron chi connectivity index (χ3n) is 4.72. The lowest BCUT2D eigenvalue weighted by Gasteiger charge is -2.17. The van der Waals surface area contributed by atoms with Gasteiger partial charge in [0.1, 0.15) is 11.1 Å². The SMILES string of the molecule is COc1ccc(C(=O)NC(=S)Nc2sc3c(c2C#N)CCC(C)C3)cc1[N+](=O)[O-]. The molecule has 1 aromatic heterocycles. The van der Waals surface area contributed by atoms with Crippen LogP contribution >= 0.6 is 23.6 Å². The van der Waals surface area contributed by atoms with Gasteiger partial charge in [-0.2, -0.15) is 5.26 Å². The highest BCUT2D eigenvalue weighted by Gasteiger charge is 2.25. The number of methoxy groups -OCH3 is 1. The fraction of sp³-hybridized carbons (Fsp3) is 0.316. The van der Waals surface area contributed by atoms with E-state index in [9.17, 15) is 20.2 Å². The number of carbonyl (C=O) groups is 1. The summed E-state index contributed by atoms with van der Waals surface area (Å²) in [6, 6.07) is 6.12. The molecule has 29 heavy (non-hydrogen) atoms. The Morgan fingerprint density at radius 3 is 2.90 bits per heavy atom. The first kappa shape index (κ1) is 20.7. The highest BCUT2D eigenvalue weighted by molar-refractivity contribution is 7.80. The summed E-state index contributed by atoms with van der Waals surface area (Å²) in [6.07, 6.45) is 2.81. The van der Waals surface area contributed by atoms with Gasteiger partial charge in [-0.05, 0) is 55.1 Å². The summed E-state index contributed by atoms with van der Waals surface area (Å²) >= 11 is 6.69. The lowest BCUT2D eigenvalue weighted by atomic mass is 9.89. The molecular weight excluding hydrogens is 412 g/mol. The summed E-state index contributed by atoms with van der Waals surface area (Å²) in [6.45, 7) is 2.18. The van der Waals surface area contributed by atoms with Crippen molar-refractivity contribution < 1.29 is 14.5 Å². The van der Waals surface area contributed by atoms with E-state index in [1.54, 1.807) is 0 Å². The molecule has 1 atom stereocenters. The molecule has 1 aliphatic rings. The largest absolute Gasteiger partial charge is 0.490 e. The molecule has 0 saturated carbocycles. The maximum Gasteiger partial charge on any atom is 0.311 e. The van der Waals surface area contributed by atoms with Crippen LogP contribution in [0, 0.1) is 27.4 Å². The van der Waals surface area contributed by atoms with Gasteiger partial charge < -0.3 is 10.1 Å². The highest BCUT2D eigenvalue weighted by atomic mass is 32.1.